The lowest BCUT2D eigenvalue weighted by Crippen LogP contribution is -2.36. The molecule has 0 radical (unpaired) electrons. The van der Waals surface area contributed by atoms with E-state index < -0.39 is 0 Å². The molecule has 0 aliphatic carbocycles. The maximum atomic E-state index is 4.36. The first-order valence-corrected chi connectivity index (χ1v) is 5.72. The fourth-order valence-electron chi connectivity index (χ4n) is 1.27. The van der Waals surface area contributed by atoms with Crippen molar-refractivity contribution in [1.82, 2.24) is 10.3 Å². The number of rotatable bonds is 3. The zero-order chi connectivity index (χ0) is 12.2. The third-order valence-electron chi connectivity index (χ3n) is 2.23. The van der Waals surface area contributed by atoms with Crippen molar-refractivity contribution < 1.29 is 0 Å². The third kappa shape index (κ3) is 5.08. The van der Waals surface area contributed by atoms with Crippen molar-refractivity contribution in [3.05, 3.63) is 35.2 Å². The van der Waals surface area contributed by atoms with Crippen molar-refractivity contribution >= 4 is 6.08 Å². The second-order valence-corrected chi connectivity index (χ2v) is 5.35. The van der Waals surface area contributed by atoms with Crippen LogP contribution in [-0.4, -0.2) is 17.1 Å². The van der Waals surface area contributed by atoms with Crippen LogP contribution in [0.15, 0.2) is 23.9 Å². The normalized spacial score (nSPS) is 12.9. The molecule has 2 heteroatoms. The van der Waals surface area contributed by atoms with Gasteiger partial charge in [-0.1, -0.05) is 11.6 Å². The molecule has 0 fully saturated rings. The van der Waals surface area contributed by atoms with E-state index in [-0.39, 0.29) is 5.54 Å². The summed E-state index contributed by atoms with van der Waals surface area (Å²) in [7, 11) is 0. The number of hydrogen-bond donors (Lipinski definition) is 1. The molecule has 0 aliphatic heterocycles. The predicted octanol–water partition coefficient (Wildman–Crippen LogP) is 3.18. The van der Waals surface area contributed by atoms with Gasteiger partial charge in [0.15, 0.2) is 0 Å². The van der Waals surface area contributed by atoms with E-state index in [1.54, 1.807) is 0 Å². The summed E-state index contributed by atoms with van der Waals surface area (Å²) in [5.41, 5.74) is 3.68. The highest BCUT2D eigenvalue weighted by Crippen LogP contribution is 2.06. The van der Waals surface area contributed by atoms with Gasteiger partial charge in [-0.15, -0.1) is 0 Å². The lowest BCUT2D eigenvalue weighted by molar-refractivity contribution is 0.445. The van der Waals surface area contributed by atoms with Crippen LogP contribution in [0.1, 0.15) is 39.0 Å². The summed E-state index contributed by atoms with van der Waals surface area (Å²) in [6, 6.07) is 4.14. The van der Waals surface area contributed by atoms with E-state index in [9.17, 15) is 0 Å². The molecule has 0 spiro atoms. The monoisotopic (exact) mass is 218 g/mol. The summed E-state index contributed by atoms with van der Waals surface area (Å²) in [4.78, 5) is 4.36. The first kappa shape index (κ1) is 12.9. The summed E-state index contributed by atoms with van der Waals surface area (Å²) >= 11 is 0. The van der Waals surface area contributed by atoms with E-state index >= 15 is 0 Å². The number of aromatic nitrogens is 1. The van der Waals surface area contributed by atoms with E-state index in [4.69, 9.17) is 0 Å². The standard InChI is InChI=1S/C14H22N2/c1-11-6-7-13(15-9-11)8-12(2)10-16-14(3,4)5/h6-9,16H,10H2,1-5H3/b12-8-. The second-order valence-electron chi connectivity index (χ2n) is 5.35. The Labute approximate surface area is 98.8 Å². The summed E-state index contributed by atoms with van der Waals surface area (Å²) < 4.78 is 0. The molecule has 1 N–H and O–H groups in total. The molecule has 0 amide bonds. The molecule has 16 heavy (non-hydrogen) atoms. The molecule has 0 saturated heterocycles. The molecule has 0 atom stereocenters. The Kier molecular flexibility index (Phi) is 4.25. The molecule has 0 bridgehead atoms. The van der Waals surface area contributed by atoms with Gasteiger partial charge in [0.2, 0.25) is 0 Å². The Balaban J connectivity index is 2.59. The fourth-order valence-corrected chi connectivity index (χ4v) is 1.27. The van der Waals surface area contributed by atoms with Crippen LogP contribution < -0.4 is 5.32 Å². The number of aryl methyl sites for hydroxylation is 1. The van der Waals surface area contributed by atoms with Crippen LogP contribution in [0, 0.1) is 6.92 Å². The lowest BCUT2D eigenvalue weighted by atomic mass is 10.1. The maximum absolute atomic E-state index is 4.36. The Hall–Kier alpha value is -1.15. The molecule has 2 nitrogen and oxygen atoms in total. The van der Waals surface area contributed by atoms with Crippen LogP contribution in [0.2, 0.25) is 0 Å². The Morgan fingerprint density at radius 3 is 2.56 bits per heavy atom. The van der Waals surface area contributed by atoms with Gasteiger partial charge in [0, 0.05) is 18.3 Å². The van der Waals surface area contributed by atoms with Crippen molar-refractivity contribution in [2.45, 2.75) is 40.2 Å². The molecule has 0 aliphatic rings. The van der Waals surface area contributed by atoms with Crippen molar-refractivity contribution in [2.75, 3.05) is 6.54 Å². The highest BCUT2D eigenvalue weighted by atomic mass is 14.9. The van der Waals surface area contributed by atoms with Gasteiger partial charge < -0.3 is 5.32 Å². The number of nitrogens with zero attached hydrogens (tertiary/aromatic N) is 1. The van der Waals surface area contributed by atoms with Gasteiger partial charge in [0.1, 0.15) is 0 Å². The SMILES string of the molecule is C/C(=C/c1ccc(C)cn1)CNC(C)(C)C. The minimum absolute atomic E-state index is 0.163. The molecule has 1 aromatic rings. The van der Waals surface area contributed by atoms with Crippen LogP contribution in [-0.2, 0) is 0 Å². The molecule has 0 saturated carbocycles. The molecule has 0 aromatic carbocycles. The minimum atomic E-state index is 0.163. The molecule has 1 rings (SSSR count). The molecular formula is C14H22N2. The van der Waals surface area contributed by atoms with Gasteiger partial charge in [-0.2, -0.15) is 0 Å². The molecule has 88 valence electrons. The smallest absolute Gasteiger partial charge is 0.0629 e. The topological polar surface area (TPSA) is 24.9 Å². The predicted molar refractivity (Wildman–Crippen MR) is 70.4 cm³/mol. The van der Waals surface area contributed by atoms with Gasteiger partial charge in [0.25, 0.3) is 0 Å². The summed E-state index contributed by atoms with van der Waals surface area (Å²) in [6.07, 6.45) is 4.02. The van der Waals surface area contributed by atoms with Crippen LogP contribution in [0.4, 0.5) is 0 Å². The van der Waals surface area contributed by atoms with Crippen LogP contribution >= 0.6 is 0 Å². The van der Waals surface area contributed by atoms with E-state index in [0.29, 0.717) is 0 Å². The average molecular weight is 218 g/mol. The largest absolute Gasteiger partial charge is 0.308 e. The summed E-state index contributed by atoms with van der Waals surface area (Å²) in [5.74, 6) is 0. The Morgan fingerprint density at radius 2 is 2.06 bits per heavy atom. The third-order valence-corrected chi connectivity index (χ3v) is 2.23. The lowest BCUT2D eigenvalue weighted by Gasteiger charge is -2.20. The van der Waals surface area contributed by atoms with Gasteiger partial charge in [-0.25, -0.2) is 0 Å². The average Bonchev–Trinajstić information content (AvgIpc) is 2.18. The Morgan fingerprint density at radius 1 is 1.38 bits per heavy atom. The van der Waals surface area contributed by atoms with Crippen molar-refractivity contribution in [3.63, 3.8) is 0 Å². The number of nitrogens with one attached hydrogen (secondary N) is 1. The highest BCUT2D eigenvalue weighted by molar-refractivity contribution is 5.48. The first-order chi connectivity index (χ1) is 7.37. The zero-order valence-corrected chi connectivity index (χ0v) is 11.0. The Bertz CT molecular complexity index is 355. The van der Waals surface area contributed by atoms with Gasteiger partial charge in [-0.3, -0.25) is 4.98 Å². The minimum Gasteiger partial charge on any atom is -0.308 e. The van der Waals surface area contributed by atoms with E-state index in [0.717, 1.165) is 12.2 Å². The van der Waals surface area contributed by atoms with E-state index in [1.807, 2.05) is 6.20 Å². The van der Waals surface area contributed by atoms with Gasteiger partial charge >= 0.3 is 0 Å². The summed E-state index contributed by atoms with van der Waals surface area (Å²) in [6.45, 7) is 11.6. The van der Waals surface area contributed by atoms with Crippen molar-refractivity contribution in [3.8, 4) is 0 Å². The quantitative estimate of drug-likeness (QED) is 0.843. The first-order valence-electron chi connectivity index (χ1n) is 5.72. The highest BCUT2D eigenvalue weighted by Gasteiger charge is 2.07. The fraction of sp³-hybridized carbons (Fsp3) is 0.500. The van der Waals surface area contributed by atoms with Crippen molar-refractivity contribution in [1.29, 1.82) is 0 Å². The number of hydrogen-bond acceptors (Lipinski definition) is 2. The van der Waals surface area contributed by atoms with Crippen molar-refractivity contribution in [2.24, 2.45) is 0 Å². The van der Waals surface area contributed by atoms with Crippen LogP contribution in [0.25, 0.3) is 6.08 Å². The summed E-state index contributed by atoms with van der Waals surface area (Å²) in [5, 5.41) is 3.46. The molecule has 1 heterocycles. The zero-order valence-electron chi connectivity index (χ0n) is 11.0. The maximum Gasteiger partial charge on any atom is 0.0629 e. The second kappa shape index (κ2) is 5.26. The molecule has 0 unspecified atom stereocenters. The van der Waals surface area contributed by atoms with Gasteiger partial charge in [0.05, 0.1) is 5.69 Å². The van der Waals surface area contributed by atoms with Crippen LogP contribution in [0.5, 0.6) is 0 Å². The number of pyridine rings is 1. The van der Waals surface area contributed by atoms with E-state index in [2.05, 4.69) is 63.1 Å². The molecule has 1 aromatic heterocycles. The van der Waals surface area contributed by atoms with E-state index in [1.165, 1.54) is 11.1 Å². The van der Waals surface area contributed by atoms with Gasteiger partial charge in [-0.05, 0) is 52.3 Å². The molecular weight excluding hydrogens is 196 g/mol. The van der Waals surface area contributed by atoms with Crippen LogP contribution in [0.3, 0.4) is 0 Å².